The first kappa shape index (κ1) is 19.6. The van der Waals surface area contributed by atoms with Crippen LogP contribution in [0.4, 0.5) is 5.69 Å². The summed E-state index contributed by atoms with van der Waals surface area (Å²) in [5.74, 6) is 0.401. The second-order valence-electron chi connectivity index (χ2n) is 6.25. The summed E-state index contributed by atoms with van der Waals surface area (Å²) in [7, 11) is 1.62. The third-order valence-electron chi connectivity index (χ3n) is 4.01. The molecular weight excluding hydrogens is 370 g/mol. The van der Waals surface area contributed by atoms with Crippen LogP contribution < -0.4 is 5.32 Å². The first-order valence-corrected chi connectivity index (χ1v) is 9.82. The number of carbonyl (C=O) groups is 2. The Morgan fingerprint density at radius 1 is 1.00 bits per heavy atom. The van der Waals surface area contributed by atoms with Gasteiger partial charge in [0.25, 0.3) is 5.91 Å². The zero-order chi connectivity index (χ0) is 19.8. The lowest BCUT2D eigenvalue weighted by Gasteiger charge is -2.17. The molecule has 0 saturated carbocycles. The molecule has 6 heteroatoms. The summed E-state index contributed by atoms with van der Waals surface area (Å²) in [6.45, 7) is -0.00869. The van der Waals surface area contributed by atoms with Crippen LogP contribution in [0.1, 0.15) is 15.9 Å². The summed E-state index contributed by atoms with van der Waals surface area (Å²) < 4.78 is 0. The van der Waals surface area contributed by atoms with E-state index < -0.39 is 0 Å². The molecule has 142 valence electrons. The van der Waals surface area contributed by atoms with E-state index in [-0.39, 0.29) is 18.4 Å². The number of benzene rings is 2. The van der Waals surface area contributed by atoms with Crippen molar-refractivity contribution < 1.29 is 9.59 Å². The molecule has 0 aliphatic heterocycles. The van der Waals surface area contributed by atoms with Crippen LogP contribution in [0.25, 0.3) is 0 Å². The quantitative estimate of drug-likeness (QED) is 0.617. The van der Waals surface area contributed by atoms with Crippen LogP contribution in [0.5, 0.6) is 0 Å². The average molecular weight is 391 g/mol. The maximum absolute atomic E-state index is 12.6. The second-order valence-corrected chi connectivity index (χ2v) is 7.30. The Morgan fingerprint density at radius 2 is 1.75 bits per heavy atom. The lowest BCUT2D eigenvalue weighted by molar-refractivity contribution is -0.116. The summed E-state index contributed by atoms with van der Waals surface area (Å²) in [4.78, 5) is 31.3. The number of aromatic nitrogens is 1. The van der Waals surface area contributed by atoms with Crippen LogP contribution in [-0.4, -0.2) is 35.3 Å². The smallest absolute Gasteiger partial charge is 0.254 e. The standard InChI is InChI=1S/C22H21N3O2S/c1-25(15-21(26)24-19-7-3-2-4-8-19)22(27)18-9-11-20(12-10-18)28-16-17-6-5-13-23-14-17/h2-14H,15-16H2,1H3,(H,24,26). The largest absolute Gasteiger partial charge is 0.332 e. The number of nitrogens with one attached hydrogen (secondary N) is 1. The molecule has 0 aliphatic carbocycles. The Morgan fingerprint density at radius 3 is 2.43 bits per heavy atom. The van der Waals surface area contributed by atoms with Crippen LogP contribution in [0, 0.1) is 0 Å². The third-order valence-corrected chi connectivity index (χ3v) is 5.10. The van der Waals surface area contributed by atoms with Crippen molar-refractivity contribution in [3.05, 3.63) is 90.3 Å². The van der Waals surface area contributed by atoms with Gasteiger partial charge in [0.2, 0.25) is 5.91 Å². The fraction of sp³-hybridized carbons (Fsp3) is 0.136. The predicted octanol–water partition coefficient (Wildman–Crippen LogP) is 4.08. The van der Waals surface area contributed by atoms with Gasteiger partial charge >= 0.3 is 0 Å². The van der Waals surface area contributed by atoms with Crippen LogP contribution in [0.15, 0.2) is 84.0 Å². The molecule has 1 aromatic heterocycles. The van der Waals surface area contributed by atoms with Gasteiger partial charge in [0.1, 0.15) is 0 Å². The van der Waals surface area contributed by atoms with Gasteiger partial charge in [-0.05, 0) is 48.0 Å². The maximum Gasteiger partial charge on any atom is 0.254 e. The number of rotatable bonds is 7. The Bertz CT molecular complexity index is 916. The zero-order valence-electron chi connectivity index (χ0n) is 15.5. The maximum atomic E-state index is 12.6. The highest BCUT2D eigenvalue weighted by molar-refractivity contribution is 7.98. The number of para-hydroxylation sites is 1. The predicted molar refractivity (Wildman–Crippen MR) is 112 cm³/mol. The van der Waals surface area contributed by atoms with Crippen LogP contribution in [0.3, 0.4) is 0 Å². The van der Waals surface area contributed by atoms with Crippen LogP contribution in [-0.2, 0) is 10.5 Å². The molecule has 0 bridgehead atoms. The second kappa shape index (κ2) is 9.71. The topological polar surface area (TPSA) is 62.3 Å². The van der Waals surface area contributed by atoms with Crippen molar-refractivity contribution >= 4 is 29.3 Å². The molecule has 28 heavy (non-hydrogen) atoms. The van der Waals surface area contributed by atoms with Crippen molar-refractivity contribution in [3.63, 3.8) is 0 Å². The van der Waals surface area contributed by atoms with Gasteiger partial charge in [-0.15, -0.1) is 11.8 Å². The van der Waals surface area contributed by atoms with E-state index in [1.165, 1.54) is 4.90 Å². The van der Waals surface area contributed by atoms with E-state index in [1.807, 2.05) is 60.8 Å². The van der Waals surface area contributed by atoms with E-state index in [0.717, 1.165) is 16.2 Å². The minimum Gasteiger partial charge on any atom is -0.332 e. The Hall–Kier alpha value is -3.12. The zero-order valence-corrected chi connectivity index (χ0v) is 16.4. The summed E-state index contributed by atoms with van der Waals surface area (Å²) >= 11 is 1.69. The van der Waals surface area contributed by atoms with Crippen molar-refractivity contribution in [2.24, 2.45) is 0 Å². The number of nitrogens with zero attached hydrogens (tertiary/aromatic N) is 2. The third kappa shape index (κ3) is 5.69. The van der Waals surface area contributed by atoms with Gasteiger partial charge < -0.3 is 10.2 Å². The lowest BCUT2D eigenvalue weighted by Crippen LogP contribution is -2.34. The van der Waals surface area contributed by atoms with Gasteiger partial charge in [-0.3, -0.25) is 14.6 Å². The molecule has 0 radical (unpaired) electrons. The first-order chi connectivity index (χ1) is 13.6. The molecular formula is C22H21N3O2S. The average Bonchev–Trinajstić information content (AvgIpc) is 2.73. The van der Waals surface area contributed by atoms with E-state index >= 15 is 0 Å². The van der Waals surface area contributed by atoms with Crippen LogP contribution >= 0.6 is 11.8 Å². The molecule has 0 unspecified atom stereocenters. The molecule has 0 atom stereocenters. The molecule has 3 aromatic rings. The number of pyridine rings is 1. The molecule has 0 aliphatic rings. The van der Waals surface area contributed by atoms with Crippen molar-refractivity contribution in [1.82, 2.24) is 9.88 Å². The minimum absolute atomic E-state index is 0.00869. The van der Waals surface area contributed by atoms with Crippen molar-refractivity contribution in [2.45, 2.75) is 10.6 Å². The van der Waals surface area contributed by atoms with Crippen molar-refractivity contribution in [1.29, 1.82) is 0 Å². The normalized spacial score (nSPS) is 10.3. The monoisotopic (exact) mass is 391 g/mol. The van der Waals surface area contributed by atoms with Gasteiger partial charge in [-0.2, -0.15) is 0 Å². The molecule has 3 rings (SSSR count). The Labute approximate surface area is 168 Å². The van der Waals surface area contributed by atoms with Gasteiger partial charge in [0.15, 0.2) is 0 Å². The number of hydrogen-bond donors (Lipinski definition) is 1. The number of amides is 2. The summed E-state index contributed by atoms with van der Waals surface area (Å²) in [6.07, 6.45) is 3.60. The highest BCUT2D eigenvalue weighted by atomic mass is 32.2. The number of anilines is 1. The fourth-order valence-corrected chi connectivity index (χ4v) is 3.41. The van der Waals surface area contributed by atoms with Gasteiger partial charge in [0.05, 0.1) is 6.54 Å². The number of likely N-dealkylation sites (N-methyl/N-ethyl adjacent to an activating group) is 1. The molecule has 1 heterocycles. The summed E-state index contributed by atoms with van der Waals surface area (Å²) in [6, 6.07) is 20.6. The summed E-state index contributed by atoms with van der Waals surface area (Å²) in [5.41, 5.74) is 2.42. The van der Waals surface area contributed by atoms with E-state index in [1.54, 1.807) is 37.1 Å². The van der Waals surface area contributed by atoms with Gasteiger partial charge in [-0.25, -0.2) is 0 Å². The summed E-state index contributed by atoms with van der Waals surface area (Å²) in [5, 5.41) is 2.78. The number of hydrogen-bond acceptors (Lipinski definition) is 4. The highest BCUT2D eigenvalue weighted by Crippen LogP contribution is 2.23. The number of thioether (sulfide) groups is 1. The molecule has 2 aromatic carbocycles. The highest BCUT2D eigenvalue weighted by Gasteiger charge is 2.15. The van der Waals surface area contributed by atoms with E-state index in [2.05, 4.69) is 10.3 Å². The molecule has 5 nitrogen and oxygen atoms in total. The van der Waals surface area contributed by atoms with Crippen molar-refractivity contribution in [3.8, 4) is 0 Å². The fourth-order valence-electron chi connectivity index (χ4n) is 2.57. The molecule has 0 fully saturated rings. The van der Waals surface area contributed by atoms with Gasteiger partial charge in [-0.1, -0.05) is 24.3 Å². The number of carbonyl (C=O) groups excluding carboxylic acids is 2. The molecule has 0 saturated heterocycles. The molecule has 2 amide bonds. The van der Waals surface area contributed by atoms with Crippen molar-refractivity contribution in [2.75, 3.05) is 18.9 Å². The Kier molecular flexibility index (Phi) is 6.81. The van der Waals surface area contributed by atoms with Crippen LogP contribution in [0.2, 0.25) is 0 Å². The minimum atomic E-state index is -0.231. The van der Waals surface area contributed by atoms with E-state index in [9.17, 15) is 9.59 Å². The van der Waals surface area contributed by atoms with E-state index in [4.69, 9.17) is 0 Å². The molecule has 1 N–H and O–H groups in total. The SMILES string of the molecule is CN(CC(=O)Nc1ccccc1)C(=O)c1ccc(SCc2cccnc2)cc1. The molecule has 0 spiro atoms. The Balaban J connectivity index is 1.52. The van der Waals surface area contributed by atoms with E-state index in [0.29, 0.717) is 11.3 Å². The lowest BCUT2D eigenvalue weighted by atomic mass is 10.2. The van der Waals surface area contributed by atoms with Gasteiger partial charge in [0, 0.05) is 41.3 Å². The first-order valence-electron chi connectivity index (χ1n) is 8.84.